The maximum atomic E-state index is 4.78. The van der Waals surface area contributed by atoms with Crippen molar-refractivity contribution < 1.29 is 0 Å². The van der Waals surface area contributed by atoms with Crippen molar-refractivity contribution in [1.29, 1.82) is 0 Å². The van der Waals surface area contributed by atoms with E-state index in [0.29, 0.717) is 5.92 Å². The van der Waals surface area contributed by atoms with Crippen LogP contribution in [0, 0.1) is 0 Å². The fourth-order valence-electron chi connectivity index (χ4n) is 2.53. The number of hydrogen-bond donors (Lipinski definition) is 1. The third kappa shape index (κ3) is 2.26. The van der Waals surface area contributed by atoms with E-state index in [1.165, 1.54) is 11.3 Å². The fraction of sp³-hybridized carbons (Fsp3) is 0.500. The lowest BCUT2D eigenvalue weighted by Gasteiger charge is -2.21. The van der Waals surface area contributed by atoms with Crippen molar-refractivity contribution in [3.63, 3.8) is 0 Å². The van der Waals surface area contributed by atoms with Crippen LogP contribution >= 0.6 is 0 Å². The first kappa shape index (κ1) is 12.3. The molecule has 0 amide bonds. The van der Waals surface area contributed by atoms with Crippen molar-refractivity contribution >= 4 is 0 Å². The largest absolute Gasteiger partial charge is 0.311 e. The second-order valence-corrected chi connectivity index (χ2v) is 5.34. The summed E-state index contributed by atoms with van der Waals surface area (Å²) >= 11 is 0. The van der Waals surface area contributed by atoms with Crippen molar-refractivity contribution in [2.45, 2.75) is 32.7 Å². The third-order valence-electron chi connectivity index (χ3n) is 3.48. The van der Waals surface area contributed by atoms with Gasteiger partial charge in [0, 0.05) is 19.8 Å². The monoisotopic (exact) mass is 257 g/mol. The molecule has 0 spiro atoms. The van der Waals surface area contributed by atoms with E-state index in [1.54, 1.807) is 4.68 Å². The lowest BCUT2D eigenvalue weighted by atomic mass is 9.97. The van der Waals surface area contributed by atoms with Crippen molar-refractivity contribution in [3.8, 4) is 11.4 Å². The minimum absolute atomic E-state index is 0.422. The average molecular weight is 257 g/mol. The Morgan fingerprint density at radius 3 is 2.84 bits per heavy atom. The molecule has 19 heavy (non-hydrogen) atoms. The predicted molar refractivity (Wildman–Crippen MR) is 73.7 cm³/mol. The molecule has 1 aliphatic rings. The van der Waals surface area contributed by atoms with Gasteiger partial charge in [0.15, 0.2) is 5.82 Å². The number of nitrogens with zero attached hydrogens (tertiary/aromatic N) is 4. The zero-order valence-electron chi connectivity index (χ0n) is 11.6. The molecule has 0 aliphatic carbocycles. The first-order valence-corrected chi connectivity index (χ1v) is 6.74. The van der Waals surface area contributed by atoms with Gasteiger partial charge in [-0.3, -0.25) is 4.68 Å². The van der Waals surface area contributed by atoms with Crippen LogP contribution in [0.25, 0.3) is 11.4 Å². The third-order valence-corrected chi connectivity index (χ3v) is 3.48. The highest BCUT2D eigenvalue weighted by molar-refractivity contribution is 5.54. The zero-order valence-corrected chi connectivity index (χ0v) is 11.6. The van der Waals surface area contributed by atoms with Crippen LogP contribution in [0.2, 0.25) is 0 Å². The second-order valence-electron chi connectivity index (χ2n) is 5.34. The first-order valence-electron chi connectivity index (χ1n) is 6.74. The van der Waals surface area contributed by atoms with Crippen LogP contribution in [-0.4, -0.2) is 26.3 Å². The molecule has 0 saturated heterocycles. The highest BCUT2D eigenvalue weighted by Crippen LogP contribution is 2.25. The molecule has 100 valence electrons. The molecule has 5 heteroatoms. The molecule has 3 rings (SSSR count). The van der Waals surface area contributed by atoms with Crippen LogP contribution in [-0.2, 0) is 20.0 Å². The summed E-state index contributed by atoms with van der Waals surface area (Å²) in [6, 6.07) is 0. The van der Waals surface area contributed by atoms with E-state index in [2.05, 4.69) is 24.3 Å². The number of nitrogens with one attached hydrogen (secondary N) is 1. The molecular formula is C14H19N5. The summed E-state index contributed by atoms with van der Waals surface area (Å²) in [6.45, 7) is 6.24. The molecule has 0 unspecified atom stereocenters. The summed E-state index contributed by atoms with van der Waals surface area (Å²) < 4.78 is 1.78. The van der Waals surface area contributed by atoms with Gasteiger partial charge in [-0.05, 0) is 24.4 Å². The molecule has 1 N–H and O–H groups in total. The summed E-state index contributed by atoms with van der Waals surface area (Å²) in [5.41, 5.74) is 4.65. The van der Waals surface area contributed by atoms with E-state index in [1.807, 2.05) is 19.4 Å². The van der Waals surface area contributed by atoms with Gasteiger partial charge < -0.3 is 5.32 Å². The van der Waals surface area contributed by atoms with Gasteiger partial charge in [-0.15, -0.1) is 0 Å². The molecule has 0 radical (unpaired) electrons. The lowest BCUT2D eigenvalue weighted by Crippen LogP contribution is -2.27. The molecule has 3 heterocycles. The van der Waals surface area contributed by atoms with Gasteiger partial charge in [0.05, 0.1) is 23.1 Å². The Labute approximate surface area is 113 Å². The molecule has 5 nitrogen and oxygen atoms in total. The summed E-state index contributed by atoms with van der Waals surface area (Å²) in [5, 5.41) is 7.58. The molecule has 2 aromatic rings. The Hall–Kier alpha value is -1.75. The Balaban J connectivity index is 2.14. The van der Waals surface area contributed by atoms with Gasteiger partial charge in [0.2, 0.25) is 0 Å². The molecule has 0 bridgehead atoms. The summed E-state index contributed by atoms with van der Waals surface area (Å²) in [4.78, 5) is 9.49. The quantitative estimate of drug-likeness (QED) is 0.888. The number of fused-ring (bicyclic) bond motifs is 1. The van der Waals surface area contributed by atoms with Crippen LogP contribution < -0.4 is 5.32 Å². The molecule has 2 aromatic heterocycles. The van der Waals surface area contributed by atoms with E-state index in [-0.39, 0.29) is 0 Å². The molecule has 0 atom stereocenters. The molecular weight excluding hydrogens is 238 g/mol. The van der Waals surface area contributed by atoms with Crippen LogP contribution in [0.4, 0.5) is 0 Å². The van der Waals surface area contributed by atoms with Gasteiger partial charge in [0.25, 0.3) is 0 Å². The number of aromatic nitrogens is 4. The van der Waals surface area contributed by atoms with Gasteiger partial charge in [-0.2, -0.15) is 5.10 Å². The summed E-state index contributed by atoms with van der Waals surface area (Å²) in [7, 11) is 1.91. The maximum Gasteiger partial charge on any atom is 0.162 e. The van der Waals surface area contributed by atoms with E-state index in [4.69, 9.17) is 9.97 Å². The summed E-state index contributed by atoms with van der Waals surface area (Å²) in [5.74, 6) is 1.21. The van der Waals surface area contributed by atoms with Crippen LogP contribution in [0.1, 0.15) is 36.7 Å². The van der Waals surface area contributed by atoms with Crippen LogP contribution in [0.5, 0.6) is 0 Å². The second kappa shape index (κ2) is 4.74. The van der Waals surface area contributed by atoms with Gasteiger partial charge in [-0.1, -0.05) is 13.8 Å². The van der Waals surface area contributed by atoms with Crippen molar-refractivity contribution in [2.24, 2.45) is 7.05 Å². The standard InChI is InChI=1S/C14H19N5/c1-9(2)13-11-4-5-15-7-12(11)17-14(18-13)10-6-16-19(3)8-10/h6,8-9,15H,4-5,7H2,1-3H3. The van der Waals surface area contributed by atoms with Crippen LogP contribution in [0.15, 0.2) is 12.4 Å². The maximum absolute atomic E-state index is 4.78. The highest BCUT2D eigenvalue weighted by Gasteiger charge is 2.20. The first-order chi connectivity index (χ1) is 9.15. The van der Waals surface area contributed by atoms with Crippen molar-refractivity contribution in [3.05, 3.63) is 29.3 Å². The smallest absolute Gasteiger partial charge is 0.162 e. The zero-order chi connectivity index (χ0) is 13.4. The molecule has 0 aromatic carbocycles. The van der Waals surface area contributed by atoms with E-state index >= 15 is 0 Å². The van der Waals surface area contributed by atoms with E-state index < -0.39 is 0 Å². The van der Waals surface area contributed by atoms with Gasteiger partial charge >= 0.3 is 0 Å². The topological polar surface area (TPSA) is 55.6 Å². The molecule has 1 aliphatic heterocycles. The Morgan fingerprint density at radius 1 is 1.32 bits per heavy atom. The molecule has 0 saturated carbocycles. The minimum atomic E-state index is 0.422. The van der Waals surface area contributed by atoms with Gasteiger partial charge in [-0.25, -0.2) is 9.97 Å². The minimum Gasteiger partial charge on any atom is -0.311 e. The lowest BCUT2D eigenvalue weighted by molar-refractivity contribution is 0.609. The normalized spacial score (nSPS) is 14.7. The Morgan fingerprint density at radius 2 is 2.16 bits per heavy atom. The SMILES string of the molecule is CC(C)c1nc(-c2cnn(C)c2)nc2c1CCNC2. The van der Waals surface area contributed by atoms with E-state index in [9.17, 15) is 0 Å². The van der Waals surface area contributed by atoms with Crippen LogP contribution in [0.3, 0.4) is 0 Å². The predicted octanol–water partition coefficient (Wildman–Crippen LogP) is 1.65. The van der Waals surface area contributed by atoms with E-state index in [0.717, 1.165) is 36.6 Å². The number of hydrogen-bond acceptors (Lipinski definition) is 4. The van der Waals surface area contributed by atoms with Crippen molar-refractivity contribution in [2.75, 3.05) is 6.54 Å². The fourth-order valence-corrected chi connectivity index (χ4v) is 2.53. The number of rotatable bonds is 2. The summed E-state index contributed by atoms with van der Waals surface area (Å²) in [6.07, 6.45) is 4.81. The average Bonchev–Trinajstić information content (AvgIpc) is 2.84. The Bertz CT molecular complexity index is 600. The van der Waals surface area contributed by atoms with Gasteiger partial charge in [0.1, 0.15) is 0 Å². The highest BCUT2D eigenvalue weighted by atomic mass is 15.2. The Kier molecular flexibility index (Phi) is 3.06. The number of aryl methyl sites for hydroxylation is 1. The van der Waals surface area contributed by atoms with Crippen molar-refractivity contribution in [1.82, 2.24) is 25.1 Å². The molecule has 0 fully saturated rings.